The monoisotopic (exact) mass is 228 g/mol. The summed E-state index contributed by atoms with van der Waals surface area (Å²) < 4.78 is 5.39. The molecule has 0 aliphatic rings. The maximum absolute atomic E-state index is 10.8. The highest BCUT2D eigenvalue weighted by Crippen LogP contribution is 2.22. The highest BCUT2D eigenvalue weighted by Gasteiger charge is 2.09. The summed E-state index contributed by atoms with van der Waals surface area (Å²) in [5, 5.41) is 9.05. The van der Waals surface area contributed by atoms with E-state index in [-0.39, 0.29) is 10.6 Å². The highest BCUT2D eigenvalue weighted by molar-refractivity contribution is 6.33. The molecule has 0 saturated carbocycles. The minimum Gasteiger partial charge on any atom is -0.493 e. The van der Waals surface area contributed by atoms with E-state index in [1.165, 1.54) is 12.1 Å². The first-order chi connectivity index (χ1) is 7.00. The number of carboxylic acids is 1. The van der Waals surface area contributed by atoms with Crippen LogP contribution in [0.15, 0.2) is 18.2 Å². The molecule has 0 heterocycles. The number of hydrogen-bond donors (Lipinski definition) is 1. The molecule has 0 aromatic heterocycles. The molecule has 3 nitrogen and oxygen atoms in total. The molecule has 1 rings (SSSR count). The number of benzene rings is 1. The number of aromatic carboxylic acids is 1. The van der Waals surface area contributed by atoms with Crippen LogP contribution < -0.4 is 4.74 Å². The fourth-order valence-corrected chi connectivity index (χ4v) is 1.22. The lowest BCUT2D eigenvalue weighted by atomic mass is 10.2. The third-order valence-corrected chi connectivity index (χ3v) is 2.08. The van der Waals surface area contributed by atoms with Crippen LogP contribution in [-0.2, 0) is 0 Å². The van der Waals surface area contributed by atoms with Gasteiger partial charge < -0.3 is 9.84 Å². The van der Waals surface area contributed by atoms with Gasteiger partial charge in [0.05, 0.1) is 17.2 Å². The van der Waals surface area contributed by atoms with Gasteiger partial charge in [-0.3, -0.25) is 0 Å². The quantitative estimate of drug-likeness (QED) is 0.862. The van der Waals surface area contributed by atoms with Crippen LogP contribution in [0.25, 0.3) is 0 Å². The van der Waals surface area contributed by atoms with E-state index in [9.17, 15) is 4.79 Å². The van der Waals surface area contributed by atoms with Crippen molar-refractivity contribution < 1.29 is 14.6 Å². The van der Waals surface area contributed by atoms with Crippen molar-refractivity contribution >= 4 is 17.6 Å². The van der Waals surface area contributed by atoms with Crippen LogP contribution in [0.5, 0.6) is 5.75 Å². The topological polar surface area (TPSA) is 46.5 Å². The molecule has 1 aromatic rings. The van der Waals surface area contributed by atoms with Crippen molar-refractivity contribution in [1.29, 1.82) is 0 Å². The van der Waals surface area contributed by atoms with E-state index in [1.54, 1.807) is 6.07 Å². The van der Waals surface area contributed by atoms with Gasteiger partial charge in [-0.05, 0) is 24.1 Å². The lowest BCUT2D eigenvalue weighted by Gasteiger charge is -2.09. The Kier molecular flexibility index (Phi) is 3.97. The van der Waals surface area contributed by atoms with E-state index < -0.39 is 5.97 Å². The molecule has 0 aliphatic carbocycles. The molecule has 0 saturated heterocycles. The number of carboxylic acid groups (broad SMARTS) is 1. The second-order valence-corrected chi connectivity index (χ2v) is 4.06. The Morgan fingerprint density at radius 2 is 2.20 bits per heavy atom. The van der Waals surface area contributed by atoms with Gasteiger partial charge in [-0.15, -0.1) is 0 Å². The summed E-state index contributed by atoms with van der Waals surface area (Å²) in [5.41, 5.74) is 0.0675. The van der Waals surface area contributed by atoms with Crippen LogP contribution in [-0.4, -0.2) is 17.7 Å². The maximum atomic E-state index is 10.8. The van der Waals surface area contributed by atoms with Crippen LogP contribution in [0.2, 0.25) is 5.02 Å². The Labute approximate surface area is 93.6 Å². The minimum absolute atomic E-state index is 0.0675. The standard InChI is InChI=1S/C11H13ClO3/c1-7(2)6-15-8-3-4-10(12)9(5-8)11(13)14/h3-5,7H,6H2,1-2H3,(H,13,14). The second kappa shape index (κ2) is 5.03. The predicted octanol–water partition coefficient (Wildman–Crippen LogP) is 3.07. The molecule has 0 fully saturated rings. The molecular formula is C11H13ClO3. The minimum atomic E-state index is -1.05. The van der Waals surface area contributed by atoms with E-state index in [1.807, 2.05) is 13.8 Å². The molecule has 0 radical (unpaired) electrons. The van der Waals surface area contributed by atoms with Gasteiger partial charge in [0.1, 0.15) is 5.75 Å². The summed E-state index contributed by atoms with van der Waals surface area (Å²) in [7, 11) is 0. The van der Waals surface area contributed by atoms with Crippen molar-refractivity contribution in [2.24, 2.45) is 5.92 Å². The van der Waals surface area contributed by atoms with Gasteiger partial charge in [-0.2, -0.15) is 0 Å². The predicted molar refractivity (Wildman–Crippen MR) is 58.7 cm³/mol. The molecule has 1 N–H and O–H groups in total. The van der Waals surface area contributed by atoms with E-state index in [0.717, 1.165) is 0 Å². The lowest BCUT2D eigenvalue weighted by Crippen LogP contribution is -2.05. The first kappa shape index (κ1) is 11.9. The van der Waals surface area contributed by atoms with Crippen LogP contribution in [0.1, 0.15) is 24.2 Å². The van der Waals surface area contributed by atoms with Crippen molar-refractivity contribution in [3.63, 3.8) is 0 Å². The first-order valence-corrected chi connectivity index (χ1v) is 5.04. The third kappa shape index (κ3) is 3.44. The molecule has 0 amide bonds. The van der Waals surface area contributed by atoms with Crippen LogP contribution >= 0.6 is 11.6 Å². The van der Waals surface area contributed by atoms with Crippen molar-refractivity contribution in [1.82, 2.24) is 0 Å². The summed E-state index contributed by atoms with van der Waals surface area (Å²) >= 11 is 5.72. The maximum Gasteiger partial charge on any atom is 0.337 e. The van der Waals surface area contributed by atoms with E-state index in [0.29, 0.717) is 18.3 Å². The summed E-state index contributed by atoms with van der Waals surface area (Å²) in [4.78, 5) is 10.8. The third-order valence-electron chi connectivity index (χ3n) is 1.75. The van der Waals surface area contributed by atoms with Gasteiger partial charge in [0.25, 0.3) is 0 Å². The Bertz CT molecular complexity index is 361. The van der Waals surface area contributed by atoms with Crippen LogP contribution in [0, 0.1) is 5.92 Å². The van der Waals surface area contributed by atoms with Crippen molar-refractivity contribution in [3.05, 3.63) is 28.8 Å². The van der Waals surface area contributed by atoms with Crippen LogP contribution in [0.3, 0.4) is 0 Å². The smallest absolute Gasteiger partial charge is 0.337 e. The molecule has 0 bridgehead atoms. The fourth-order valence-electron chi connectivity index (χ4n) is 1.02. The zero-order valence-corrected chi connectivity index (χ0v) is 9.41. The fraction of sp³-hybridized carbons (Fsp3) is 0.364. The van der Waals surface area contributed by atoms with Gasteiger partial charge in [0, 0.05) is 0 Å². The Morgan fingerprint density at radius 1 is 1.53 bits per heavy atom. The first-order valence-electron chi connectivity index (χ1n) is 4.66. The zero-order chi connectivity index (χ0) is 11.4. The summed E-state index contributed by atoms with van der Waals surface area (Å²) in [6, 6.07) is 4.63. The van der Waals surface area contributed by atoms with Gasteiger partial charge >= 0.3 is 5.97 Å². The average molecular weight is 229 g/mol. The molecule has 0 aliphatic heterocycles. The van der Waals surface area contributed by atoms with E-state index in [4.69, 9.17) is 21.4 Å². The van der Waals surface area contributed by atoms with Gasteiger partial charge in [0.2, 0.25) is 0 Å². The van der Waals surface area contributed by atoms with E-state index >= 15 is 0 Å². The molecule has 0 unspecified atom stereocenters. The van der Waals surface area contributed by atoms with E-state index in [2.05, 4.69) is 0 Å². The Hall–Kier alpha value is -1.22. The van der Waals surface area contributed by atoms with Crippen molar-refractivity contribution in [3.8, 4) is 5.75 Å². The largest absolute Gasteiger partial charge is 0.493 e. The van der Waals surface area contributed by atoms with Gasteiger partial charge in [-0.1, -0.05) is 25.4 Å². The molecular weight excluding hydrogens is 216 g/mol. The number of carbonyl (C=O) groups is 1. The number of hydrogen-bond acceptors (Lipinski definition) is 2. The molecule has 4 heteroatoms. The zero-order valence-electron chi connectivity index (χ0n) is 8.66. The number of ether oxygens (including phenoxy) is 1. The van der Waals surface area contributed by atoms with Gasteiger partial charge in [-0.25, -0.2) is 4.79 Å². The Morgan fingerprint density at radius 3 is 2.73 bits per heavy atom. The SMILES string of the molecule is CC(C)COc1ccc(Cl)c(C(=O)O)c1. The Balaban J connectivity index is 2.83. The normalized spacial score (nSPS) is 10.4. The van der Waals surface area contributed by atoms with Gasteiger partial charge in [0.15, 0.2) is 0 Å². The average Bonchev–Trinajstić information content (AvgIpc) is 2.16. The summed E-state index contributed by atoms with van der Waals surface area (Å²) in [6.45, 7) is 4.60. The lowest BCUT2D eigenvalue weighted by molar-refractivity contribution is 0.0696. The van der Waals surface area contributed by atoms with Crippen LogP contribution in [0.4, 0.5) is 0 Å². The summed E-state index contributed by atoms with van der Waals surface area (Å²) in [6.07, 6.45) is 0. The molecule has 0 spiro atoms. The second-order valence-electron chi connectivity index (χ2n) is 3.65. The molecule has 1 aromatic carbocycles. The number of rotatable bonds is 4. The molecule has 0 atom stereocenters. The molecule has 15 heavy (non-hydrogen) atoms. The van der Waals surface area contributed by atoms with Crippen molar-refractivity contribution in [2.75, 3.05) is 6.61 Å². The highest BCUT2D eigenvalue weighted by atomic mass is 35.5. The summed E-state index contributed by atoms with van der Waals surface area (Å²) in [5.74, 6) is -0.116. The molecule has 82 valence electrons. The number of halogens is 1. The van der Waals surface area contributed by atoms with Crippen molar-refractivity contribution in [2.45, 2.75) is 13.8 Å².